The fourth-order valence-electron chi connectivity index (χ4n) is 2.10. The highest BCUT2D eigenvalue weighted by atomic mass is 16.2. The molecule has 0 bridgehead atoms. The largest absolute Gasteiger partial charge is 0.339 e. The molecule has 0 aliphatic carbocycles. The molecule has 1 rings (SSSR count). The molecule has 0 saturated carbocycles. The third kappa shape index (κ3) is 3.08. The van der Waals surface area contributed by atoms with E-state index in [9.17, 15) is 4.79 Å². The first kappa shape index (κ1) is 13.2. The van der Waals surface area contributed by atoms with Crippen LogP contribution in [0.4, 0.5) is 0 Å². The summed E-state index contributed by atoms with van der Waals surface area (Å²) in [5.41, 5.74) is 1.09. The minimum Gasteiger partial charge on any atom is -0.339 e. The van der Waals surface area contributed by atoms with Gasteiger partial charge in [0.1, 0.15) is 0 Å². The molecule has 1 saturated heterocycles. The van der Waals surface area contributed by atoms with Gasteiger partial charge in [0.15, 0.2) is 0 Å². The normalized spacial score (nSPS) is 21.0. The predicted octanol–water partition coefficient (Wildman–Crippen LogP) is 1.94. The molecule has 0 aromatic rings. The zero-order valence-electron chi connectivity index (χ0n) is 11.0. The fraction of sp³-hybridized carbons (Fsp3) is 0.769. The zero-order chi connectivity index (χ0) is 12.2. The Morgan fingerprint density at radius 2 is 2.00 bits per heavy atom. The monoisotopic (exact) mass is 224 g/mol. The molecule has 0 radical (unpaired) electrons. The first-order valence-electron chi connectivity index (χ1n) is 6.17. The lowest BCUT2D eigenvalue weighted by Crippen LogP contribution is -2.51. The van der Waals surface area contributed by atoms with Crippen molar-refractivity contribution < 1.29 is 4.79 Å². The zero-order valence-corrected chi connectivity index (χ0v) is 11.0. The molecule has 0 aromatic carbocycles. The van der Waals surface area contributed by atoms with Gasteiger partial charge < -0.3 is 10.2 Å². The Morgan fingerprint density at radius 3 is 2.44 bits per heavy atom. The summed E-state index contributed by atoms with van der Waals surface area (Å²) in [5.74, 6) is 0.208. The molecule has 1 fully saturated rings. The molecule has 0 atom stereocenters. The average molecular weight is 224 g/mol. The molecule has 3 heteroatoms. The topological polar surface area (TPSA) is 32.3 Å². The van der Waals surface area contributed by atoms with Crippen LogP contribution in [-0.2, 0) is 4.79 Å². The summed E-state index contributed by atoms with van der Waals surface area (Å²) in [5, 5.41) is 3.34. The number of hydrogen-bond donors (Lipinski definition) is 1. The highest BCUT2D eigenvalue weighted by Crippen LogP contribution is 2.22. The number of amides is 1. The summed E-state index contributed by atoms with van der Waals surface area (Å²) >= 11 is 0. The van der Waals surface area contributed by atoms with Crippen molar-refractivity contribution in [2.75, 3.05) is 20.1 Å². The molecule has 3 nitrogen and oxygen atoms in total. The van der Waals surface area contributed by atoms with E-state index >= 15 is 0 Å². The van der Waals surface area contributed by atoms with Crippen molar-refractivity contribution >= 4 is 5.91 Å². The van der Waals surface area contributed by atoms with Crippen molar-refractivity contribution in [3.05, 3.63) is 11.6 Å². The lowest BCUT2D eigenvalue weighted by atomic mass is 9.89. The van der Waals surface area contributed by atoms with Gasteiger partial charge in [-0.25, -0.2) is 0 Å². The Bertz CT molecular complexity index is 276. The smallest absolute Gasteiger partial charge is 0.249 e. The number of hydrogen-bond acceptors (Lipinski definition) is 2. The molecule has 0 unspecified atom stereocenters. The predicted molar refractivity (Wildman–Crippen MR) is 67.3 cm³/mol. The van der Waals surface area contributed by atoms with E-state index < -0.39 is 0 Å². The van der Waals surface area contributed by atoms with Crippen LogP contribution in [0.2, 0.25) is 0 Å². The van der Waals surface area contributed by atoms with Gasteiger partial charge in [0, 0.05) is 24.2 Å². The van der Waals surface area contributed by atoms with Crippen LogP contribution in [0.5, 0.6) is 0 Å². The van der Waals surface area contributed by atoms with Gasteiger partial charge in [-0.1, -0.05) is 13.0 Å². The second kappa shape index (κ2) is 5.48. The lowest BCUT2D eigenvalue weighted by molar-refractivity contribution is -0.128. The van der Waals surface area contributed by atoms with E-state index in [-0.39, 0.29) is 11.4 Å². The Labute approximate surface area is 98.9 Å². The number of likely N-dealkylation sites (tertiary alicyclic amines) is 1. The quantitative estimate of drug-likeness (QED) is 0.743. The highest BCUT2D eigenvalue weighted by Gasteiger charge is 2.30. The standard InChI is InChI=1S/C13H24N2O/c1-5-6-11(2)12(16)15-9-7-13(3,14-4)8-10-15/h6,14H,5,7-10H2,1-4H3/b11-6-. The number of carbonyl (C=O) groups excluding carboxylic acids is 1. The van der Waals surface area contributed by atoms with Crippen LogP contribution < -0.4 is 5.32 Å². The first-order chi connectivity index (χ1) is 7.52. The second-order valence-corrected chi connectivity index (χ2v) is 4.90. The molecule has 0 spiro atoms. The van der Waals surface area contributed by atoms with E-state index in [0.29, 0.717) is 0 Å². The van der Waals surface area contributed by atoms with E-state index in [2.05, 4.69) is 19.2 Å². The Morgan fingerprint density at radius 1 is 1.44 bits per heavy atom. The van der Waals surface area contributed by atoms with E-state index in [1.807, 2.05) is 24.9 Å². The van der Waals surface area contributed by atoms with Gasteiger partial charge in [0.2, 0.25) is 5.91 Å². The number of nitrogens with zero attached hydrogens (tertiary/aromatic N) is 1. The molecule has 1 aliphatic rings. The van der Waals surface area contributed by atoms with Crippen molar-refractivity contribution in [3.8, 4) is 0 Å². The molecule has 1 heterocycles. The van der Waals surface area contributed by atoms with Crippen molar-refractivity contribution in [3.63, 3.8) is 0 Å². The molecule has 16 heavy (non-hydrogen) atoms. The van der Waals surface area contributed by atoms with E-state index in [0.717, 1.165) is 37.9 Å². The maximum absolute atomic E-state index is 12.0. The second-order valence-electron chi connectivity index (χ2n) is 4.90. The van der Waals surface area contributed by atoms with Crippen LogP contribution in [0.25, 0.3) is 0 Å². The van der Waals surface area contributed by atoms with Gasteiger partial charge in [-0.2, -0.15) is 0 Å². The Balaban J connectivity index is 2.54. The maximum atomic E-state index is 12.0. The van der Waals surface area contributed by atoms with Crippen LogP contribution in [0.3, 0.4) is 0 Å². The van der Waals surface area contributed by atoms with Gasteiger partial charge >= 0.3 is 0 Å². The van der Waals surface area contributed by atoms with Gasteiger partial charge in [0.05, 0.1) is 0 Å². The van der Waals surface area contributed by atoms with Crippen LogP contribution >= 0.6 is 0 Å². The molecular weight excluding hydrogens is 200 g/mol. The minimum absolute atomic E-state index is 0.207. The van der Waals surface area contributed by atoms with Crippen LogP contribution in [-0.4, -0.2) is 36.5 Å². The SMILES string of the molecule is CC/C=C(/C)C(=O)N1CCC(C)(NC)CC1. The van der Waals surface area contributed by atoms with Gasteiger partial charge in [-0.3, -0.25) is 4.79 Å². The summed E-state index contributed by atoms with van der Waals surface area (Å²) in [4.78, 5) is 14.0. The summed E-state index contributed by atoms with van der Waals surface area (Å²) in [6, 6.07) is 0. The fourth-order valence-corrected chi connectivity index (χ4v) is 2.10. The number of allylic oxidation sites excluding steroid dienone is 1. The van der Waals surface area contributed by atoms with E-state index in [1.54, 1.807) is 0 Å². The number of rotatable bonds is 3. The molecule has 0 aromatic heterocycles. The van der Waals surface area contributed by atoms with Crippen molar-refractivity contribution in [1.82, 2.24) is 10.2 Å². The molecule has 1 N–H and O–H groups in total. The Kier molecular flexibility index (Phi) is 4.54. The third-order valence-corrected chi connectivity index (χ3v) is 3.61. The highest BCUT2D eigenvalue weighted by molar-refractivity contribution is 5.92. The van der Waals surface area contributed by atoms with E-state index in [1.165, 1.54) is 0 Å². The Hall–Kier alpha value is -0.830. The van der Waals surface area contributed by atoms with Crippen molar-refractivity contribution in [2.24, 2.45) is 0 Å². The first-order valence-corrected chi connectivity index (χ1v) is 6.17. The summed E-state index contributed by atoms with van der Waals surface area (Å²) in [6.07, 6.45) is 5.01. The average Bonchev–Trinajstić information content (AvgIpc) is 2.29. The summed E-state index contributed by atoms with van der Waals surface area (Å²) in [6.45, 7) is 7.93. The lowest BCUT2D eigenvalue weighted by Gasteiger charge is -2.39. The molecular formula is C13H24N2O. The van der Waals surface area contributed by atoms with Crippen LogP contribution in [0, 0.1) is 0 Å². The molecule has 1 amide bonds. The van der Waals surface area contributed by atoms with Crippen molar-refractivity contribution in [1.29, 1.82) is 0 Å². The summed E-state index contributed by atoms with van der Waals surface area (Å²) in [7, 11) is 2.00. The maximum Gasteiger partial charge on any atom is 0.249 e. The minimum atomic E-state index is 0.207. The number of carbonyl (C=O) groups is 1. The number of piperidine rings is 1. The van der Waals surface area contributed by atoms with Gasteiger partial charge in [-0.15, -0.1) is 0 Å². The van der Waals surface area contributed by atoms with Crippen LogP contribution in [0.15, 0.2) is 11.6 Å². The van der Waals surface area contributed by atoms with E-state index in [4.69, 9.17) is 0 Å². The third-order valence-electron chi connectivity index (χ3n) is 3.61. The molecule has 1 aliphatic heterocycles. The number of nitrogens with one attached hydrogen (secondary N) is 1. The van der Waals surface area contributed by atoms with Gasteiger partial charge in [-0.05, 0) is 40.2 Å². The van der Waals surface area contributed by atoms with Gasteiger partial charge in [0.25, 0.3) is 0 Å². The summed E-state index contributed by atoms with van der Waals surface area (Å²) < 4.78 is 0. The van der Waals surface area contributed by atoms with Crippen molar-refractivity contribution in [2.45, 2.75) is 45.6 Å². The molecule has 92 valence electrons. The van der Waals surface area contributed by atoms with Crippen LogP contribution in [0.1, 0.15) is 40.0 Å².